The lowest BCUT2D eigenvalue weighted by Crippen LogP contribution is -2.54. The van der Waals surface area contributed by atoms with Crippen molar-refractivity contribution in [1.82, 2.24) is 10.2 Å². The number of carbonyl (C=O) groups is 2. The highest BCUT2D eigenvalue weighted by Crippen LogP contribution is 2.23. The lowest BCUT2D eigenvalue weighted by Gasteiger charge is -2.34. The maximum atomic E-state index is 14.0. The van der Waals surface area contributed by atoms with Crippen LogP contribution in [0.15, 0.2) is 78.9 Å². The number of para-hydroxylation sites is 1. The molecule has 9 heteroatoms. The number of aryl methyl sites for hydroxylation is 1. The number of benzene rings is 3. The monoisotopic (exact) mass is 553 g/mol. The van der Waals surface area contributed by atoms with Gasteiger partial charge in [-0.1, -0.05) is 67.6 Å². The minimum absolute atomic E-state index is 0.00405. The molecule has 0 spiro atoms. The molecule has 208 valence electrons. The van der Waals surface area contributed by atoms with Crippen molar-refractivity contribution in [2.24, 2.45) is 0 Å². The van der Waals surface area contributed by atoms with Gasteiger partial charge in [-0.25, -0.2) is 12.8 Å². The fourth-order valence-electron chi connectivity index (χ4n) is 4.22. The Morgan fingerprint density at radius 3 is 2.13 bits per heavy atom. The van der Waals surface area contributed by atoms with E-state index in [0.717, 1.165) is 16.1 Å². The van der Waals surface area contributed by atoms with Gasteiger partial charge in [0.1, 0.15) is 18.4 Å². The fourth-order valence-corrected chi connectivity index (χ4v) is 5.13. The van der Waals surface area contributed by atoms with Crippen LogP contribution in [0.3, 0.4) is 0 Å². The highest BCUT2D eigenvalue weighted by molar-refractivity contribution is 7.92. The smallest absolute Gasteiger partial charge is 0.244 e. The van der Waals surface area contributed by atoms with Crippen molar-refractivity contribution in [3.05, 3.63) is 101 Å². The molecule has 0 aliphatic rings. The molecule has 0 fully saturated rings. The number of anilines is 1. The third kappa shape index (κ3) is 8.38. The summed E-state index contributed by atoms with van der Waals surface area (Å²) in [5, 5.41) is 2.98. The molecule has 1 N–H and O–H groups in total. The Bertz CT molecular complexity index is 1360. The van der Waals surface area contributed by atoms with E-state index in [1.165, 1.54) is 17.0 Å². The summed E-state index contributed by atoms with van der Waals surface area (Å²) in [7, 11) is -3.84. The van der Waals surface area contributed by atoms with E-state index in [4.69, 9.17) is 0 Å². The number of rotatable bonds is 12. The number of nitrogens with one attached hydrogen (secondary N) is 1. The molecule has 0 heterocycles. The molecule has 0 saturated carbocycles. The lowest BCUT2D eigenvalue weighted by molar-refractivity contribution is -0.140. The molecule has 0 unspecified atom stereocenters. The van der Waals surface area contributed by atoms with Crippen LogP contribution in [-0.2, 0) is 32.6 Å². The molecule has 2 atom stereocenters. The third-order valence-corrected chi connectivity index (χ3v) is 7.73. The number of nitrogens with zero attached hydrogens (tertiary/aromatic N) is 2. The van der Waals surface area contributed by atoms with Crippen molar-refractivity contribution in [2.75, 3.05) is 17.1 Å². The second-order valence-electron chi connectivity index (χ2n) is 9.73. The van der Waals surface area contributed by atoms with Gasteiger partial charge in [0.25, 0.3) is 0 Å². The highest BCUT2D eigenvalue weighted by atomic mass is 32.2. The van der Waals surface area contributed by atoms with Crippen LogP contribution in [0.2, 0.25) is 0 Å². The van der Waals surface area contributed by atoms with Crippen LogP contribution < -0.4 is 9.62 Å². The first-order valence-corrected chi connectivity index (χ1v) is 14.8. The maximum absolute atomic E-state index is 14.0. The Morgan fingerprint density at radius 1 is 0.923 bits per heavy atom. The maximum Gasteiger partial charge on any atom is 0.244 e. The number of hydrogen-bond donors (Lipinski definition) is 1. The van der Waals surface area contributed by atoms with Crippen LogP contribution >= 0.6 is 0 Å². The predicted octanol–water partition coefficient (Wildman–Crippen LogP) is 4.45. The van der Waals surface area contributed by atoms with Gasteiger partial charge in [0.15, 0.2) is 0 Å². The summed E-state index contributed by atoms with van der Waals surface area (Å²) in [5.74, 6) is -1.31. The normalized spacial score (nSPS) is 12.8. The first-order chi connectivity index (χ1) is 18.5. The molecule has 0 radical (unpaired) electrons. The summed E-state index contributed by atoms with van der Waals surface area (Å²) in [6, 6.07) is 20.9. The number of carbonyl (C=O) groups excluding carboxylic acids is 2. The molecule has 0 bridgehead atoms. The minimum atomic E-state index is -3.84. The second kappa shape index (κ2) is 13.4. The Balaban J connectivity index is 2.06. The summed E-state index contributed by atoms with van der Waals surface area (Å²) in [4.78, 5) is 29.0. The topological polar surface area (TPSA) is 86.8 Å². The van der Waals surface area contributed by atoms with Gasteiger partial charge in [-0.3, -0.25) is 13.9 Å². The first-order valence-electron chi connectivity index (χ1n) is 12.9. The summed E-state index contributed by atoms with van der Waals surface area (Å²) < 4.78 is 40.4. The van der Waals surface area contributed by atoms with Crippen molar-refractivity contribution in [2.45, 2.75) is 52.2 Å². The van der Waals surface area contributed by atoms with Gasteiger partial charge in [-0.15, -0.1) is 0 Å². The summed E-state index contributed by atoms with van der Waals surface area (Å²) >= 11 is 0. The van der Waals surface area contributed by atoms with Gasteiger partial charge in [-0.2, -0.15) is 0 Å². The van der Waals surface area contributed by atoms with E-state index >= 15 is 0 Å². The molecule has 3 aromatic carbocycles. The van der Waals surface area contributed by atoms with Crippen LogP contribution in [0, 0.1) is 12.7 Å². The van der Waals surface area contributed by atoms with Crippen molar-refractivity contribution >= 4 is 27.5 Å². The van der Waals surface area contributed by atoms with Gasteiger partial charge in [-0.05, 0) is 55.2 Å². The van der Waals surface area contributed by atoms with E-state index in [1.54, 1.807) is 43.3 Å². The van der Waals surface area contributed by atoms with Crippen molar-refractivity contribution in [3.63, 3.8) is 0 Å². The summed E-state index contributed by atoms with van der Waals surface area (Å²) in [6.45, 7) is 5.10. The largest absolute Gasteiger partial charge is 0.352 e. The minimum Gasteiger partial charge on any atom is -0.352 e. The van der Waals surface area contributed by atoms with Gasteiger partial charge in [0.2, 0.25) is 21.8 Å². The molecule has 0 saturated heterocycles. The van der Waals surface area contributed by atoms with Gasteiger partial charge >= 0.3 is 0 Å². The molecule has 0 aliphatic heterocycles. The van der Waals surface area contributed by atoms with Crippen LogP contribution in [0.1, 0.15) is 37.0 Å². The second-order valence-corrected chi connectivity index (χ2v) is 11.6. The molecular weight excluding hydrogens is 517 g/mol. The number of hydrogen-bond acceptors (Lipinski definition) is 4. The molecule has 39 heavy (non-hydrogen) atoms. The predicted molar refractivity (Wildman–Crippen MR) is 152 cm³/mol. The first kappa shape index (κ1) is 29.8. The SMILES string of the molecule is CC[C@@H](C)NC(=O)[C@H](Cc1ccccc1)N(Cc1ccc(F)cc1)C(=O)CN(c1ccccc1C)S(C)(=O)=O. The van der Waals surface area contributed by atoms with E-state index in [9.17, 15) is 22.4 Å². The number of sulfonamides is 1. The number of amides is 2. The molecule has 0 aliphatic carbocycles. The van der Waals surface area contributed by atoms with E-state index in [-0.39, 0.29) is 24.9 Å². The average Bonchev–Trinajstić information content (AvgIpc) is 2.90. The zero-order chi connectivity index (χ0) is 28.6. The standard InChI is InChI=1S/C30H36FN3O4S/c1-5-23(3)32-30(36)28(19-24-12-7-6-8-13-24)33(20-25-15-17-26(31)18-16-25)29(35)21-34(39(4,37)38)27-14-10-9-11-22(27)2/h6-18,23,28H,5,19-21H2,1-4H3,(H,32,36)/t23-,28+/m1/s1. The number of halogens is 1. The third-order valence-electron chi connectivity index (χ3n) is 6.60. The lowest BCUT2D eigenvalue weighted by atomic mass is 10.0. The van der Waals surface area contributed by atoms with Crippen molar-refractivity contribution < 1.29 is 22.4 Å². The van der Waals surface area contributed by atoms with E-state index in [1.807, 2.05) is 44.2 Å². The Morgan fingerprint density at radius 2 is 1.54 bits per heavy atom. The van der Waals surface area contributed by atoms with Gasteiger partial charge < -0.3 is 10.2 Å². The van der Waals surface area contributed by atoms with Crippen LogP contribution in [0.5, 0.6) is 0 Å². The van der Waals surface area contributed by atoms with Gasteiger partial charge in [0.05, 0.1) is 11.9 Å². The molecular formula is C30H36FN3O4S. The Hall–Kier alpha value is -3.72. The molecule has 0 aromatic heterocycles. The highest BCUT2D eigenvalue weighted by Gasteiger charge is 2.33. The zero-order valence-electron chi connectivity index (χ0n) is 22.8. The molecule has 7 nitrogen and oxygen atoms in total. The van der Waals surface area contributed by atoms with Crippen molar-refractivity contribution in [3.8, 4) is 0 Å². The van der Waals surface area contributed by atoms with Crippen LogP contribution in [0.25, 0.3) is 0 Å². The molecule has 3 aromatic rings. The van der Waals surface area contributed by atoms with E-state index in [0.29, 0.717) is 23.2 Å². The quantitative estimate of drug-likeness (QED) is 0.359. The van der Waals surface area contributed by atoms with Gasteiger partial charge in [0, 0.05) is 19.0 Å². The summed E-state index contributed by atoms with van der Waals surface area (Å²) in [6.07, 6.45) is 1.97. The zero-order valence-corrected chi connectivity index (χ0v) is 23.6. The van der Waals surface area contributed by atoms with Crippen LogP contribution in [-0.4, -0.2) is 50.0 Å². The average molecular weight is 554 g/mol. The fraction of sp³-hybridized carbons (Fsp3) is 0.333. The van der Waals surface area contributed by atoms with E-state index in [2.05, 4.69) is 5.32 Å². The Labute approximate surface area is 230 Å². The molecule has 2 amide bonds. The van der Waals surface area contributed by atoms with Crippen molar-refractivity contribution in [1.29, 1.82) is 0 Å². The van der Waals surface area contributed by atoms with E-state index < -0.39 is 34.3 Å². The molecule has 3 rings (SSSR count). The summed E-state index contributed by atoms with van der Waals surface area (Å²) in [5.41, 5.74) is 2.54. The Kier molecular flexibility index (Phi) is 10.2. The van der Waals surface area contributed by atoms with Crippen LogP contribution in [0.4, 0.5) is 10.1 Å².